The lowest BCUT2D eigenvalue weighted by molar-refractivity contribution is -0.141. The Morgan fingerprint density at radius 1 is 1.47 bits per heavy atom. The summed E-state index contributed by atoms with van der Waals surface area (Å²) < 4.78 is 67.1. The Morgan fingerprint density at radius 3 is 2.47 bits per heavy atom. The summed E-state index contributed by atoms with van der Waals surface area (Å²) in [6.07, 6.45) is -8.31. The predicted molar refractivity (Wildman–Crippen MR) is 54.6 cm³/mol. The van der Waals surface area contributed by atoms with Crippen LogP contribution >= 0.6 is 0 Å². The third kappa shape index (κ3) is 3.30. The van der Waals surface area contributed by atoms with E-state index in [1.54, 1.807) is 0 Å². The topological polar surface area (TPSA) is 65.2 Å². The van der Waals surface area contributed by atoms with Crippen LogP contribution in [0.2, 0.25) is 0 Å². The molecule has 0 fully saturated rings. The number of esters is 1. The average molecular weight is 284 g/mol. The molecule has 4 nitrogen and oxygen atoms in total. The van der Waals surface area contributed by atoms with Gasteiger partial charge in [-0.05, 0) is 13.0 Å². The Labute approximate surface area is 104 Å². The van der Waals surface area contributed by atoms with Gasteiger partial charge in [0.15, 0.2) is 0 Å². The van der Waals surface area contributed by atoms with Crippen molar-refractivity contribution < 1.29 is 31.5 Å². The summed E-state index contributed by atoms with van der Waals surface area (Å²) in [6, 6.07) is 0.291. The van der Waals surface area contributed by atoms with Crippen molar-refractivity contribution in [2.45, 2.75) is 19.5 Å². The highest BCUT2D eigenvalue weighted by Gasteiger charge is 2.36. The maximum Gasteiger partial charge on any atom is 0.433 e. The molecule has 1 aromatic heterocycles. The van der Waals surface area contributed by atoms with Crippen molar-refractivity contribution >= 4 is 11.7 Å². The number of anilines is 1. The van der Waals surface area contributed by atoms with Gasteiger partial charge in [0.05, 0.1) is 17.9 Å². The van der Waals surface area contributed by atoms with E-state index in [2.05, 4.69) is 9.72 Å². The fraction of sp³-hybridized carbons (Fsp3) is 0.400. The van der Waals surface area contributed by atoms with Crippen LogP contribution in [0.1, 0.15) is 35.1 Å². The number of rotatable bonds is 3. The molecule has 0 amide bonds. The van der Waals surface area contributed by atoms with E-state index < -0.39 is 41.2 Å². The number of aromatic nitrogens is 1. The minimum atomic E-state index is -4.97. The number of ether oxygens (including phenoxy) is 1. The second-order valence-corrected chi connectivity index (χ2v) is 3.37. The number of hydrogen-bond acceptors (Lipinski definition) is 4. The SMILES string of the molecule is CCOC(=O)c1cc(C(F)(F)F)nc(C(F)F)c1N. The van der Waals surface area contributed by atoms with Crippen LogP contribution in [-0.2, 0) is 10.9 Å². The largest absolute Gasteiger partial charge is 0.462 e. The Hall–Kier alpha value is -1.93. The predicted octanol–water partition coefficient (Wildman–Crippen LogP) is 2.80. The molecule has 0 unspecified atom stereocenters. The zero-order valence-electron chi connectivity index (χ0n) is 9.59. The molecule has 0 bridgehead atoms. The highest BCUT2D eigenvalue weighted by atomic mass is 19.4. The van der Waals surface area contributed by atoms with E-state index in [-0.39, 0.29) is 6.61 Å². The maximum atomic E-state index is 12.6. The van der Waals surface area contributed by atoms with Gasteiger partial charge in [0.2, 0.25) is 0 Å². The van der Waals surface area contributed by atoms with E-state index in [1.165, 1.54) is 6.92 Å². The van der Waals surface area contributed by atoms with Gasteiger partial charge in [0, 0.05) is 0 Å². The zero-order valence-corrected chi connectivity index (χ0v) is 9.59. The molecule has 0 spiro atoms. The van der Waals surface area contributed by atoms with E-state index in [9.17, 15) is 26.7 Å². The van der Waals surface area contributed by atoms with Crippen molar-refractivity contribution in [2.75, 3.05) is 12.3 Å². The smallest absolute Gasteiger partial charge is 0.433 e. The second-order valence-electron chi connectivity index (χ2n) is 3.37. The lowest BCUT2D eigenvalue weighted by atomic mass is 10.1. The highest BCUT2D eigenvalue weighted by Crippen LogP contribution is 2.34. The number of alkyl halides is 5. The van der Waals surface area contributed by atoms with Crippen molar-refractivity contribution in [3.05, 3.63) is 23.0 Å². The number of halogens is 5. The molecule has 0 saturated carbocycles. The highest BCUT2D eigenvalue weighted by molar-refractivity contribution is 5.95. The maximum absolute atomic E-state index is 12.6. The molecule has 1 aromatic rings. The minimum absolute atomic E-state index is 0.133. The van der Waals surface area contributed by atoms with Gasteiger partial charge in [0.1, 0.15) is 11.4 Å². The number of carbonyl (C=O) groups is 1. The molecule has 9 heteroatoms. The summed E-state index contributed by atoms with van der Waals surface area (Å²) >= 11 is 0. The van der Waals surface area contributed by atoms with Gasteiger partial charge in [-0.3, -0.25) is 0 Å². The van der Waals surface area contributed by atoms with Crippen molar-refractivity contribution in [1.82, 2.24) is 4.98 Å². The van der Waals surface area contributed by atoms with Gasteiger partial charge in [-0.2, -0.15) is 13.2 Å². The fourth-order valence-corrected chi connectivity index (χ4v) is 1.26. The monoisotopic (exact) mass is 284 g/mol. The normalized spacial score (nSPS) is 11.7. The first kappa shape index (κ1) is 15.1. The second kappa shape index (κ2) is 5.37. The lowest BCUT2D eigenvalue weighted by Crippen LogP contribution is -2.17. The van der Waals surface area contributed by atoms with Crippen LogP contribution in [0.15, 0.2) is 6.07 Å². The van der Waals surface area contributed by atoms with Crippen LogP contribution < -0.4 is 5.73 Å². The van der Waals surface area contributed by atoms with E-state index >= 15 is 0 Å². The Morgan fingerprint density at radius 2 is 2.05 bits per heavy atom. The van der Waals surface area contributed by atoms with Crippen LogP contribution in [0.25, 0.3) is 0 Å². The van der Waals surface area contributed by atoms with Crippen LogP contribution in [0.3, 0.4) is 0 Å². The zero-order chi connectivity index (χ0) is 14.8. The molecule has 0 aliphatic heterocycles. The standard InChI is InChI=1S/C10H9F5N2O2/c1-2-19-9(18)4-3-5(10(13,14)15)17-7(6(4)16)8(11)12/h3,8H,2,16H2,1H3. The number of carbonyl (C=O) groups excluding carboxylic acids is 1. The molecule has 0 radical (unpaired) electrons. The molecule has 2 N–H and O–H groups in total. The van der Waals surface area contributed by atoms with Crippen LogP contribution in [0.5, 0.6) is 0 Å². The van der Waals surface area contributed by atoms with Gasteiger partial charge in [-0.25, -0.2) is 18.6 Å². The molecule has 1 rings (SSSR count). The number of pyridine rings is 1. The van der Waals surface area contributed by atoms with Crippen molar-refractivity contribution in [2.24, 2.45) is 0 Å². The molecule has 19 heavy (non-hydrogen) atoms. The minimum Gasteiger partial charge on any atom is -0.462 e. The summed E-state index contributed by atoms with van der Waals surface area (Å²) in [4.78, 5) is 14.1. The van der Waals surface area contributed by atoms with Gasteiger partial charge in [0.25, 0.3) is 6.43 Å². The van der Waals surface area contributed by atoms with Crippen molar-refractivity contribution in [3.8, 4) is 0 Å². The molecule has 0 atom stereocenters. The van der Waals surface area contributed by atoms with E-state index in [4.69, 9.17) is 5.73 Å². The van der Waals surface area contributed by atoms with E-state index in [1.807, 2.05) is 0 Å². The fourth-order valence-electron chi connectivity index (χ4n) is 1.26. The summed E-state index contributed by atoms with van der Waals surface area (Å²) in [5.41, 5.74) is 0.702. The molecule has 0 aromatic carbocycles. The molecular weight excluding hydrogens is 275 g/mol. The molecule has 0 aliphatic rings. The Bertz CT molecular complexity index is 488. The first-order valence-corrected chi connectivity index (χ1v) is 5.01. The van der Waals surface area contributed by atoms with E-state index in [0.29, 0.717) is 6.07 Å². The van der Waals surface area contributed by atoms with Crippen LogP contribution in [0, 0.1) is 0 Å². The first-order chi connectivity index (χ1) is 8.68. The molecule has 106 valence electrons. The van der Waals surface area contributed by atoms with Gasteiger partial charge in [-0.15, -0.1) is 0 Å². The van der Waals surface area contributed by atoms with Gasteiger partial charge in [-0.1, -0.05) is 0 Å². The van der Waals surface area contributed by atoms with Crippen LogP contribution in [-0.4, -0.2) is 17.6 Å². The quantitative estimate of drug-likeness (QED) is 0.684. The Kier molecular flexibility index (Phi) is 4.28. The van der Waals surface area contributed by atoms with Crippen molar-refractivity contribution in [1.29, 1.82) is 0 Å². The first-order valence-electron chi connectivity index (χ1n) is 5.01. The van der Waals surface area contributed by atoms with Gasteiger partial charge >= 0.3 is 12.1 Å². The summed E-state index contributed by atoms with van der Waals surface area (Å²) in [5.74, 6) is -1.21. The lowest BCUT2D eigenvalue weighted by Gasteiger charge is -2.13. The number of hydrogen-bond donors (Lipinski definition) is 1. The number of nitrogen functional groups attached to an aromatic ring is 1. The van der Waals surface area contributed by atoms with E-state index in [0.717, 1.165) is 0 Å². The molecule has 0 saturated heterocycles. The third-order valence-corrected chi connectivity index (χ3v) is 2.08. The number of nitrogens with zero attached hydrogens (tertiary/aromatic N) is 1. The molecular formula is C10H9F5N2O2. The molecule has 0 aliphatic carbocycles. The summed E-state index contributed by atoms with van der Waals surface area (Å²) in [7, 11) is 0. The number of nitrogens with two attached hydrogens (primary N) is 1. The Balaban J connectivity index is 3.45. The van der Waals surface area contributed by atoms with Crippen molar-refractivity contribution in [3.63, 3.8) is 0 Å². The summed E-state index contributed by atoms with van der Waals surface area (Å²) in [6.45, 7) is 1.28. The van der Waals surface area contributed by atoms with Crippen LogP contribution in [0.4, 0.5) is 27.6 Å². The summed E-state index contributed by atoms with van der Waals surface area (Å²) in [5, 5.41) is 0. The average Bonchev–Trinajstić information content (AvgIpc) is 2.27. The van der Waals surface area contributed by atoms with Gasteiger partial charge < -0.3 is 10.5 Å². The third-order valence-electron chi connectivity index (χ3n) is 2.08. The molecule has 1 heterocycles.